The standard InChI is InChI=1S/C15H13Cl3N2OS/c1-21-14-5-4-11(7-13(14)18)20-15(22)19-8-9-2-3-10(16)6-12(9)17/h2-7H,8H2,1H3,(H2,19,20,22). The molecule has 0 spiro atoms. The van der Waals surface area contributed by atoms with Crippen LogP contribution >= 0.6 is 47.0 Å². The number of halogens is 3. The van der Waals surface area contributed by atoms with Gasteiger partial charge in [0.1, 0.15) is 5.75 Å². The molecule has 2 aromatic carbocycles. The van der Waals surface area contributed by atoms with Crippen LogP contribution < -0.4 is 15.4 Å². The maximum Gasteiger partial charge on any atom is 0.171 e. The lowest BCUT2D eigenvalue weighted by Gasteiger charge is -2.12. The van der Waals surface area contributed by atoms with Gasteiger partial charge in [0.05, 0.1) is 12.1 Å². The van der Waals surface area contributed by atoms with Crippen LogP contribution in [0.2, 0.25) is 15.1 Å². The van der Waals surface area contributed by atoms with Crippen molar-refractivity contribution >= 4 is 57.8 Å². The van der Waals surface area contributed by atoms with E-state index in [-0.39, 0.29) is 0 Å². The Kier molecular flexibility index (Phi) is 6.15. The molecule has 2 aromatic rings. The minimum absolute atomic E-state index is 0.465. The summed E-state index contributed by atoms with van der Waals surface area (Å²) in [6, 6.07) is 10.7. The first kappa shape index (κ1) is 17.2. The molecule has 0 saturated heterocycles. The van der Waals surface area contributed by atoms with Gasteiger partial charge in [0.2, 0.25) is 0 Å². The second kappa shape index (κ2) is 7.88. The Balaban J connectivity index is 1.94. The first-order chi connectivity index (χ1) is 10.5. The molecule has 0 aliphatic heterocycles. The predicted molar refractivity (Wildman–Crippen MR) is 97.5 cm³/mol. The fraction of sp³-hybridized carbons (Fsp3) is 0.133. The van der Waals surface area contributed by atoms with Gasteiger partial charge in [0, 0.05) is 22.3 Å². The molecule has 2 rings (SSSR count). The van der Waals surface area contributed by atoms with Crippen LogP contribution in [0.1, 0.15) is 5.56 Å². The molecule has 0 radical (unpaired) electrons. The van der Waals surface area contributed by atoms with Crippen molar-refractivity contribution in [3.63, 3.8) is 0 Å². The van der Waals surface area contributed by atoms with E-state index in [1.54, 1.807) is 31.4 Å². The van der Waals surface area contributed by atoms with Gasteiger partial charge in [-0.3, -0.25) is 0 Å². The van der Waals surface area contributed by atoms with Gasteiger partial charge in [-0.05, 0) is 48.1 Å². The predicted octanol–water partition coefficient (Wildman–Crippen LogP) is 5.14. The summed E-state index contributed by atoms with van der Waals surface area (Å²) < 4.78 is 5.10. The summed E-state index contributed by atoms with van der Waals surface area (Å²) in [7, 11) is 1.57. The number of hydrogen-bond acceptors (Lipinski definition) is 2. The second-order valence-electron chi connectivity index (χ2n) is 4.39. The monoisotopic (exact) mass is 374 g/mol. The number of benzene rings is 2. The number of rotatable bonds is 4. The average Bonchev–Trinajstić information content (AvgIpc) is 2.46. The summed E-state index contributed by atoms with van der Waals surface area (Å²) in [5.41, 5.74) is 1.67. The second-order valence-corrected chi connectivity index (χ2v) is 6.05. The molecular weight excluding hydrogens is 363 g/mol. The van der Waals surface area contributed by atoms with Crippen LogP contribution in [-0.4, -0.2) is 12.2 Å². The van der Waals surface area contributed by atoms with Gasteiger partial charge in [-0.25, -0.2) is 0 Å². The lowest BCUT2D eigenvalue weighted by atomic mass is 10.2. The van der Waals surface area contributed by atoms with E-state index in [1.807, 2.05) is 12.1 Å². The maximum atomic E-state index is 6.11. The lowest BCUT2D eigenvalue weighted by molar-refractivity contribution is 0.415. The molecule has 0 bridgehead atoms. The molecule has 3 nitrogen and oxygen atoms in total. The van der Waals surface area contributed by atoms with Crippen molar-refractivity contribution < 1.29 is 4.74 Å². The number of hydrogen-bond donors (Lipinski definition) is 2. The third kappa shape index (κ3) is 4.65. The van der Waals surface area contributed by atoms with Gasteiger partial charge in [-0.15, -0.1) is 0 Å². The van der Waals surface area contributed by atoms with Crippen LogP contribution in [0.5, 0.6) is 5.75 Å². The normalized spacial score (nSPS) is 10.2. The molecule has 0 aromatic heterocycles. The molecule has 0 aliphatic rings. The van der Waals surface area contributed by atoms with Crippen LogP contribution in [0.15, 0.2) is 36.4 Å². The number of anilines is 1. The Morgan fingerprint density at radius 1 is 1.09 bits per heavy atom. The van der Waals surface area contributed by atoms with E-state index in [9.17, 15) is 0 Å². The van der Waals surface area contributed by atoms with E-state index in [0.717, 1.165) is 11.3 Å². The maximum absolute atomic E-state index is 6.11. The van der Waals surface area contributed by atoms with Gasteiger partial charge in [0.15, 0.2) is 5.11 Å². The topological polar surface area (TPSA) is 33.3 Å². The zero-order valence-electron chi connectivity index (χ0n) is 11.6. The van der Waals surface area contributed by atoms with Gasteiger partial charge in [-0.2, -0.15) is 0 Å². The molecule has 116 valence electrons. The summed E-state index contributed by atoms with van der Waals surface area (Å²) in [5, 5.41) is 8.29. The molecular formula is C15H13Cl3N2OS. The van der Waals surface area contributed by atoms with Crippen molar-refractivity contribution in [1.82, 2.24) is 5.32 Å². The molecule has 0 unspecified atom stereocenters. The third-order valence-corrected chi connectivity index (χ3v) is 3.99. The highest BCUT2D eigenvalue weighted by Crippen LogP contribution is 2.27. The zero-order valence-corrected chi connectivity index (χ0v) is 14.7. The highest BCUT2D eigenvalue weighted by molar-refractivity contribution is 7.80. The van der Waals surface area contributed by atoms with E-state index in [1.165, 1.54) is 0 Å². The Labute approximate surface area is 149 Å². The summed E-state index contributed by atoms with van der Waals surface area (Å²) >= 11 is 23.3. The van der Waals surface area contributed by atoms with E-state index in [4.69, 9.17) is 51.8 Å². The summed E-state index contributed by atoms with van der Waals surface area (Å²) in [6.45, 7) is 0.492. The Bertz CT molecular complexity index is 694. The van der Waals surface area contributed by atoms with Crippen LogP contribution in [0.25, 0.3) is 0 Å². The number of nitrogens with one attached hydrogen (secondary N) is 2. The van der Waals surface area contributed by atoms with Crippen LogP contribution in [0.3, 0.4) is 0 Å². The number of ether oxygens (including phenoxy) is 1. The van der Waals surface area contributed by atoms with E-state index < -0.39 is 0 Å². The van der Waals surface area contributed by atoms with E-state index in [2.05, 4.69) is 10.6 Å². The quantitative estimate of drug-likeness (QED) is 0.725. The van der Waals surface area contributed by atoms with Gasteiger partial charge < -0.3 is 15.4 Å². The molecule has 0 atom stereocenters. The molecule has 7 heteroatoms. The fourth-order valence-corrected chi connectivity index (χ4v) is 2.68. The Hall–Kier alpha value is -1.20. The minimum Gasteiger partial charge on any atom is -0.495 e. The van der Waals surface area contributed by atoms with Crippen molar-refractivity contribution in [3.8, 4) is 5.75 Å². The van der Waals surface area contributed by atoms with Gasteiger partial charge in [-0.1, -0.05) is 40.9 Å². The van der Waals surface area contributed by atoms with E-state index >= 15 is 0 Å². The summed E-state index contributed by atoms with van der Waals surface area (Å²) in [5.74, 6) is 0.610. The smallest absolute Gasteiger partial charge is 0.171 e. The highest BCUT2D eigenvalue weighted by atomic mass is 35.5. The third-order valence-electron chi connectivity index (χ3n) is 2.86. The van der Waals surface area contributed by atoms with Crippen molar-refractivity contribution in [2.24, 2.45) is 0 Å². The van der Waals surface area contributed by atoms with Crippen LogP contribution in [0.4, 0.5) is 5.69 Å². The minimum atomic E-state index is 0.465. The van der Waals surface area contributed by atoms with Crippen LogP contribution in [-0.2, 0) is 6.54 Å². The molecule has 0 amide bonds. The first-order valence-electron chi connectivity index (χ1n) is 6.32. The lowest BCUT2D eigenvalue weighted by Crippen LogP contribution is -2.27. The van der Waals surface area contributed by atoms with Gasteiger partial charge >= 0.3 is 0 Å². The van der Waals surface area contributed by atoms with Crippen molar-refractivity contribution in [2.75, 3.05) is 12.4 Å². The molecule has 2 N–H and O–H groups in total. The van der Waals surface area contributed by atoms with Crippen molar-refractivity contribution in [3.05, 3.63) is 57.0 Å². The highest BCUT2D eigenvalue weighted by Gasteiger charge is 2.05. The molecule has 0 saturated carbocycles. The van der Waals surface area contributed by atoms with Gasteiger partial charge in [0.25, 0.3) is 0 Å². The van der Waals surface area contributed by atoms with Crippen LogP contribution in [0, 0.1) is 0 Å². The first-order valence-corrected chi connectivity index (χ1v) is 7.86. The largest absolute Gasteiger partial charge is 0.495 e. The fourth-order valence-electron chi connectivity index (χ4n) is 1.76. The SMILES string of the molecule is COc1ccc(NC(=S)NCc2ccc(Cl)cc2Cl)cc1Cl. The molecule has 22 heavy (non-hydrogen) atoms. The average molecular weight is 376 g/mol. The van der Waals surface area contributed by atoms with Crippen molar-refractivity contribution in [1.29, 1.82) is 0 Å². The zero-order chi connectivity index (χ0) is 16.1. The van der Waals surface area contributed by atoms with E-state index in [0.29, 0.717) is 32.5 Å². The van der Waals surface area contributed by atoms with Crippen molar-refractivity contribution in [2.45, 2.75) is 6.54 Å². The molecule has 0 aliphatic carbocycles. The summed E-state index contributed by atoms with van der Waals surface area (Å²) in [4.78, 5) is 0. The Morgan fingerprint density at radius 3 is 2.50 bits per heavy atom. The number of methoxy groups -OCH3 is 1. The number of thiocarbonyl (C=S) groups is 1. The molecule has 0 heterocycles. The molecule has 0 fully saturated rings. The summed E-state index contributed by atoms with van der Waals surface area (Å²) in [6.07, 6.45) is 0. The Morgan fingerprint density at radius 2 is 1.86 bits per heavy atom.